The van der Waals surface area contributed by atoms with Crippen LogP contribution < -0.4 is 9.80 Å². The van der Waals surface area contributed by atoms with Gasteiger partial charge in [-0.05, 0) is 53.6 Å². The molecule has 0 spiro atoms. The number of benzene rings is 4. The number of anilines is 2. The van der Waals surface area contributed by atoms with E-state index in [0.29, 0.717) is 17.1 Å². The van der Waals surface area contributed by atoms with Gasteiger partial charge in [-0.25, -0.2) is 4.99 Å². The number of allylic oxidation sites excluding steroid dienone is 5. The highest BCUT2D eigenvalue weighted by Crippen LogP contribution is 2.47. The Kier molecular flexibility index (Phi) is 8.13. The third kappa shape index (κ3) is 5.67. The molecule has 0 saturated carbocycles. The van der Waals surface area contributed by atoms with Crippen LogP contribution in [0.4, 0.5) is 20.0 Å². The monoisotopic (exact) mass is 598 g/mol. The van der Waals surface area contributed by atoms with E-state index in [1.54, 1.807) is 7.05 Å². The van der Waals surface area contributed by atoms with E-state index in [9.17, 15) is 0 Å². The van der Waals surface area contributed by atoms with Crippen LogP contribution in [0.1, 0.15) is 22.3 Å². The van der Waals surface area contributed by atoms with Gasteiger partial charge >= 0.3 is 7.40 Å². The zero-order chi connectivity index (χ0) is 31.7. The molecule has 2 aliphatic heterocycles. The number of aliphatic imine (C=N–C) groups is 1. The molecule has 6 rings (SSSR count). The van der Waals surface area contributed by atoms with Gasteiger partial charge in [0.1, 0.15) is 11.4 Å². The fraction of sp³-hybridized carbons (Fsp3) is 0.132. The lowest BCUT2D eigenvalue weighted by molar-refractivity contribution is -0.690. The van der Waals surface area contributed by atoms with Crippen molar-refractivity contribution in [1.29, 1.82) is 0 Å². The van der Waals surface area contributed by atoms with Crippen LogP contribution in [0.15, 0.2) is 144 Å². The Labute approximate surface area is 265 Å². The maximum absolute atomic E-state index is 15.6. The van der Waals surface area contributed by atoms with E-state index in [4.69, 9.17) is 4.99 Å². The van der Waals surface area contributed by atoms with Crippen molar-refractivity contribution < 1.29 is 13.0 Å². The van der Waals surface area contributed by atoms with Gasteiger partial charge < -0.3 is 22.8 Å². The van der Waals surface area contributed by atoms with Crippen molar-refractivity contribution >= 4 is 41.3 Å². The van der Waals surface area contributed by atoms with E-state index in [1.807, 2.05) is 130 Å². The molecular formula is C38H37BF2N4. The van der Waals surface area contributed by atoms with Gasteiger partial charge in [0.05, 0.1) is 11.4 Å². The highest BCUT2D eigenvalue weighted by Gasteiger charge is 2.43. The van der Waals surface area contributed by atoms with E-state index in [0.717, 1.165) is 50.5 Å². The summed E-state index contributed by atoms with van der Waals surface area (Å²) >= 11 is 0. The molecule has 4 nitrogen and oxygen atoms in total. The Hall–Kier alpha value is -5.01. The number of quaternary nitrogens is 1. The molecule has 0 radical (unpaired) electrons. The number of hydrogen-bond acceptors (Lipinski definition) is 3. The van der Waals surface area contributed by atoms with Crippen molar-refractivity contribution in [2.24, 2.45) is 4.99 Å². The van der Waals surface area contributed by atoms with E-state index in [-0.39, 0.29) is 0 Å². The molecule has 0 aliphatic carbocycles. The van der Waals surface area contributed by atoms with Crippen molar-refractivity contribution in [3.8, 4) is 0 Å². The average molecular weight is 599 g/mol. The van der Waals surface area contributed by atoms with Crippen molar-refractivity contribution in [2.45, 2.75) is 0 Å². The molecule has 0 N–H and O–H groups in total. The zero-order valence-electron chi connectivity index (χ0n) is 26.4. The summed E-state index contributed by atoms with van der Waals surface area (Å²) in [5.41, 5.74) is 9.97. The highest BCUT2D eigenvalue weighted by molar-refractivity contribution is 6.36. The standard InChI is InChI=1S/C38H37BF2N4/c1-43(2)31-20-16-29(17-21-31)35-24-33(27-12-8-6-9-13-27)36(42-35)26-38-34(28-14-10-7-11-15-28)25-37(45(38,5)39(40)41)30-18-22-32(23-19-30)44(3)4/h6-26,39H,1-5H3/b36-26-. The zero-order valence-corrected chi connectivity index (χ0v) is 26.4. The fourth-order valence-corrected chi connectivity index (χ4v) is 5.97. The lowest BCUT2D eigenvalue weighted by Gasteiger charge is -2.41. The van der Waals surface area contributed by atoms with Crippen molar-refractivity contribution in [3.05, 3.63) is 161 Å². The summed E-state index contributed by atoms with van der Waals surface area (Å²) < 4.78 is 30.7. The molecule has 1 atom stereocenters. The van der Waals surface area contributed by atoms with E-state index < -0.39 is 11.8 Å². The largest absolute Gasteiger partial charge is 0.536 e. The predicted molar refractivity (Wildman–Crippen MR) is 187 cm³/mol. The molecule has 45 heavy (non-hydrogen) atoms. The molecule has 4 aromatic carbocycles. The summed E-state index contributed by atoms with van der Waals surface area (Å²) in [7, 11) is 5.88. The summed E-state index contributed by atoms with van der Waals surface area (Å²) in [6.07, 6.45) is 5.90. The number of nitrogens with zero attached hydrogens (tertiary/aromatic N) is 4. The summed E-state index contributed by atoms with van der Waals surface area (Å²) in [6, 6.07) is 35.9. The Morgan fingerprint density at radius 1 is 0.622 bits per heavy atom. The highest BCUT2D eigenvalue weighted by atomic mass is 19.2. The maximum Gasteiger partial charge on any atom is 0.536 e. The third-order valence-electron chi connectivity index (χ3n) is 8.70. The molecule has 2 aliphatic rings. The lowest BCUT2D eigenvalue weighted by Crippen LogP contribution is -2.47. The molecule has 0 bridgehead atoms. The van der Waals surface area contributed by atoms with Gasteiger partial charge in [-0.3, -0.25) is 0 Å². The van der Waals surface area contributed by atoms with Crippen LogP contribution in [0.2, 0.25) is 0 Å². The number of hydrogen-bond donors (Lipinski definition) is 0. The minimum absolute atomic E-state index is 0.530. The van der Waals surface area contributed by atoms with Crippen molar-refractivity contribution in [1.82, 2.24) is 0 Å². The van der Waals surface area contributed by atoms with Crippen molar-refractivity contribution in [3.63, 3.8) is 0 Å². The minimum atomic E-state index is -3.71. The topological polar surface area (TPSA) is 18.8 Å². The first-order valence-electron chi connectivity index (χ1n) is 15.1. The molecular weight excluding hydrogens is 561 g/mol. The fourth-order valence-electron chi connectivity index (χ4n) is 5.97. The Morgan fingerprint density at radius 2 is 1.13 bits per heavy atom. The van der Waals surface area contributed by atoms with Gasteiger partial charge in [0.25, 0.3) is 0 Å². The summed E-state index contributed by atoms with van der Waals surface area (Å²) in [6.45, 7) is 0. The average Bonchev–Trinajstić information content (AvgIpc) is 3.62. The second-order valence-corrected chi connectivity index (χ2v) is 12.1. The number of likely N-dealkylation sites (N-methyl/N-ethyl adjacent to an activating group) is 1. The first-order valence-corrected chi connectivity index (χ1v) is 15.1. The normalized spacial score (nSPS) is 18.8. The maximum atomic E-state index is 15.6. The lowest BCUT2D eigenvalue weighted by atomic mass is 9.96. The minimum Gasteiger partial charge on any atom is -0.422 e. The van der Waals surface area contributed by atoms with Crippen LogP contribution >= 0.6 is 0 Å². The van der Waals surface area contributed by atoms with Gasteiger partial charge in [0.15, 0.2) is 0 Å². The van der Waals surface area contributed by atoms with Crippen molar-refractivity contribution in [2.75, 3.05) is 45.0 Å². The van der Waals surface area contributed by atoms with E-state index >= 15 is 8.63 Å². The molecule has 0 aromatic heterocycles. The third-order valence-corrected chi connectivity index (χ3v) is 8.70. The smallest absolute Gasteiger partial charge is 0.422 e. The molecule has 2 heterocycles. The molecule has 7 heteroatoms. The van der Waals surface area contributed by atoms with Gasteiger partial charge in [0.2, 0.25) is 0 Å². The number of halogens is 2. The molecule has 0 amide bonds. The van der Waals surface area contributed by atoms with Crippen LogP contribution in [-0.2, 0) is 0 Å². The van der Waals surface area contributed by atoms with Crippen LogP contribution in [0.5, 0.6) is 0 Å². The SMILES string of the molecule is CN(C)c1ccc(C2=CC(c3ccccc3)=C(/C=C3\N=C(c4ccc(N(C)C)cc4)C=C3c3ccccc3)[N+]2(C)[BH-](F)F)cc1. The second-order valence-electron chi connectivity index (χ2n) is 12.1. The molecule has 0 saturated heterocycles. The summed E-state index contributed by atoms with van der Waals surface area (Å²) in [5, 5.41) is 0. The predicted octanol–water partition coefficient (Wildman–Crippen LogP) is 8.16. The first kappa shape index (κ1) is 30.0. The van der Waals surface area contributed by atoms with Gasteiger partial charge in [-0.2, -0.15) is 0 Å². The summed E-state index contributed by atoms with van der Waals surface area (Å²) in [5.74, 6) is 0. The van der Waals surface area contributed by atoms with Gasteiger partial charge in [-0.1, -0.05) is 72.8 Å². The number of rotatable bonds is 8. The Balaban J connectivity index is 1.54. The van der Waals surface area contributed by atoms with Crippen LogP contribution in [-0.4, -0.2) is 52.7 Å². The van der Waals surface area contributed by atoms with Crippen LogP contribution in [0.25, 0.3) is 16.8 Å². The van der Waals surface area contributed by atoms with Crippen LogP contribution in [0.3, 0.4) is 0 Å². The van der Waals surface area contributed by atoms with Crippen LogP contribution in [0, 0.1) is 0 Å². The second kappa shape index (κ2) is 12.2. The quantitative estimate of drug-likeness (QED) is 0.191. The molecule has 226 valence electrons. The Bertz CT molecular complexity index is 1850. The first-order chi connectivity index (χ1) is 21.7. The summed E-state index contributed by atoms with van der Waals surface area (Å²) in [4.78, 5) is 9.16. The van der Waals surface area contributed by atoms with E-state index in [2.05, 4.69) is 35.2 Å². The van der Waals surface area contributed by atoms with Gasteiger partial charge in [0, 0.05) is 81.0 Å². The molecule has 1 unspecified atom stereocenters. The molecule has 0 fully saturated rings. The Morgan fingerprint density at radius 3 is 1.64 bits per heavy atom. The van der Waals surface area contributed by atoms with E-state index in [1.165, 1.54) is 0 Å². The molecule has 4 aromatic rings. The van der Waals surface area contributed by atoms with Gasteiger partial charge in [-0.15, -0.1) is 0 Å².